The van der Waals surface area contributed by atoms with Crippen LogP contribution in [0.2, 0.25) is 0 Å². The molecule has 194 valence electrons. The van der Waals surface area contributed by atoms with E-state index in [1.165, 1.54) is 13.2 Å². The molecule has 0 saturated heterocycles. The van der Waals surface area contributed by atoms with Crippen molar-refractivity contribution in [3.8, 4) is 0 Å². The molecule has 3 aromatic rings. The van der Waals surface area contributed by atoms with E-state index in [1.807, 2.05) is 37.3 Å². The number of nitrogens with one attached hydrogen (secondary N) is 2. The number of para-hydroxylation sites is 1. The largest absolute Gasteiger partial charge is 0.465 e. The van der Waals surface area contributed by atoms with Crippen LogP contribution in [0, 0.1) is 0 Å². The Kier molecular flexibility index (Phi) is 7.86. The lowest BCUT2D eigenvalue weighted by Gasteiger charge is -2.26. The molecule has 4 rings (SSSR count). The van der Waals surface area contributed by atoms with Crippen molar-refractivity contribution in [1.82, 2.24) is 10.2 Å². The van der Waals surface area contributed by atoms with Gasteiger partial charge in [-0.15, -0.1) is 0 Å². The topological polar surface area (TPSA) is 118 Å². The van der Waals surface area contributed by atoms with E-state index in [0.717, 1.165) is 5.56 Å². The summed E-state index contributed by atoms with van der Waals surface area (Å²) in [5.41, 5.74) is 2.19. The predicted molar refractivity (Wildman–Crippen MR) is 140 cm³/mol. The summed E-state index contributed by atoms with van der Waals surface area (Å²) in [7, 11) is 1.26. The number of furan rings is 1. The van der Waals surface area contributed by atoms with Gasteiger partial charge in [0.25, 0.3) is 5.91 Å². The number of hydrogen-bond acceptors (Lipinski definition) is 6. The number of carbonyl (C=O) groups excluding carboxylic acids is 4. The fourth-order valence-corrected chi connectivity index (χ4v) is 4.21. The molecule has 0 spiro atoms. The van der Waals surface area contributed by atoms with E-state index >= 15 is 0 Å². The number of allylic oxidation sites excluding steroid dienone is 1. The third kappa shape index (κ3) is 5.57. The summed E-state index contributed by atoms with van der Waals surface area (Å²) in [5, 5.41) is 5.00. The number of benzene rings is 2. The average molecular weight is 514 g/mol. The third-order valence-corrected chi connectivity index (χ3v) is 6.13. The van der Waals surface area contributed by atoms with E-state index in [9.17, 15) is 19.2 Å². The lowest BCUT2D eigenvalue weighted by molar-refractivity contribution is -0.136. The number of methoxy groups -OCH3 is 1. The fourth-order valence-electron chi connectivity index (χ4n) is 4.21. The molecular weight excluding hydrogens is 486 g/mol. The molecule has 9 heteroatoms. The van der Waals surface area contributed by atoms with E-state index in [4.69, 9.17) is 9.15 Å². The van der Waals surface area contributed by atoms with Crippen LogP contribution in [0.3, 0.4) is 0 Å². The number of rotatable bonds is 7. The summed E-state index contributed by atoms with van der Waals surface area (Å²) in [5.74, 6) is -1.96. The second-order valence-electron chi connectivity index (χ2n) is 8.58. The average Bonchev–Trinajstić information content (AvgIpc) is 3.48. The first kappa shape index (κ1) is 26.2. The van der Waals surface area contributed by atoms with Crippen LogP contribution >= 0.6 is 0 Å². The molecule has 1 aliphatic heterocycles. The number of amides is 3. The van der Waals surface area contributed by atoms with Gasteiger partial charge in [0.1, 0.15) is 11.5 Å². The van der Waals surface area contributed by atoms with Crippen LogP contribution in [-0.2, 0) is 30.5 Å². The number of ether oxygens (including phenoxy) is 1. The van der Waals surface area contributed by atoms with E-state index in [2.05, 4.69) is 10.6 Å². The highest BCUT2D eigenvalue weighted by molar-refractivity contribution is 6.39. The highest BCUT2D eigenvalue weighted by Gasteiger charge is 2.39. The Labute approximate surface area is 219 Å². The lowest BCUT2D eigenvalue weighted by atomic mass is 10.1. The van der Waals surface area contributed by atoms with Gasteiger partial charge in [-0.25, -0.2) is 4.79 Å². The monoisotopic (exact) mass is 513 g/mol. The van der Waals surface area contributed by atoms with Crippen LogP contribution in [0.5, 0.6) is 0 Å². The predicted octanol–water partition coefficient (Wildman–Crippen LogP) is 3.97. The summed E-state index contributed by atoms with van der Waals surface area (Å²) in [4.78, 5) is 51.9. The zero-order chi connectivity index (χ0) is 27.2. The van der Waals surface area contributed by atoms with Crippen molar-refractivity contribution in [1.29, 1.82) is 0 Å². The van der Waals surface area contributed by atoms with Crippen LogP contribution in [0.4, 0.5) is 5.69 Å². The fraction of sp³-hybridized carbons (Fsp3) is 0.172. The smallest absolute Gasteiger partial charge is 0.340 e. The Balaban J connectivity index is 1.49. The Morgan fingerprint density at radius 1 is 0.974 bits per heavy atom. The molecule has 1 aromatic heterocycles. The van der Waals surface area contributed by atoms with Crippen LogP contribution < -0.4 is 10.6 Å². The Morgan fingerprint density at radius 2 is 1.63 bits per heavy atom. The van der Waals surface area contributed by atoms with Crippen LogP contribution in [0.25, 0.3) is 6.08 Å². The minimum absolute atomic E-state index is 0.0476. The molecule has 38 heavy (non-hydrogen) atoms. The molecular formula is C29H27N3O6. The van der Waals surface area contributed by atoms with Gasteiger partial charge in [0, 0.05) is 11.4 Å². The maximum Gasteiger partial charge on any atom is 0.340 e. The zero-order valence-corrected chi connectivity index (χ0v) is 21.2. The summed E-state index contributed by atoms with van der Waals surface area (Å²) in [6.07, 6.45) is 1.48. The first-order valence-electron chi connectivity index (χ1n) is 11.9. The number of anilines is 1. The molecule has 0 fully saturated rings. The number of esters is 1. The van der Waals surface area contributed by atoms with Crippen LogP contribution in [0.15, 0.2) is 94.1 Å². The summed E-state index contributed by atoms with van der Waals surface area (Å²) in [6.45, 7) is 3.54. The van der Waals surface area contributed by atoms with Crippen molar-refractivity contribution in [2.75, 3.05) is 12.4 Å². The Bertz CT molecular complexity index is 1420. The van der Waals surface area contributed by atoms with Gasteiger partial charge in [-0.3, -0.25) is 14.4 Å². The molecule has 0 unspecified atom stereocenters. The van der Waals surface area contributed by atoms with Gasteiger partial charge in [0.05, 0.1) is 30.8 Å². The molecule has 1 aliphatic rings. The van der Waals surface area contributed by atoms with Gasteiger partial charge in [0.2, 0.25) is 0 Å². The van der Waals surface area contributed by atoms with Crippen molar-refractivity contribution in [3.63, 3.8) is 0 Å². The Hall–Kier alpha value is -4.92. The van der Waals surface area contributed by atoms with E-state index in [0.29, 0.717) is 22.9 Å². The van der Waals surface area contributed by atoms with Crippen molar-refractivity contribution in [2.45, 2.75) is 26.4 Å². The van der Waals surface area contributed by atoms with Gasteiger partial charge in [-0.1, -0.05) is 48.5 Å². The third-order valence-electron chi connectivity index (χ3n) is 6.13. The highest BCUT2D eigenvalue weighted by Crippen LogP contribution is 2.37. The second-order valence-corrected chi connectivity index (χ2v) is 8.58. The van der Waals surface area contributed by atoms with Crippen LogP contribution in [0.1, 0.15) is 37.0 Å². The van der Waals surface area contributed by atoms with Crippen molar-refractivity contribution < 1.29 is 28.3 Å². The first-order valence-corrected chi connectivity index (χ1v) is 11.9. The van der Waals surface area contributed by atoms with Crippen LogP contribution in [-0.4, -0.2) is 35.7 Å². The summed E-state index contributed by atoms with van der Waals surface area (Å²) >= 11 is 0. The summed E-state index contributed by atoms with van der Waals surface area (Å²) in [6, 6.07) is 21.0. The van der Waals surface area contributed by atoms with Gasteiger partial charge in [-0.2, -0.15) is 0 Å². The minimum Gasteiger partial charge on any atom is -0.465 e. The normalized spacial score (nSPS) is 15.0. The minimum atomic E-state index is -0.826. The molecule has 9 nitrogen and oxygen atoms in total. The Morgan fingerprint density at radius 3 is 2.29 bits per heavy atom. The van der Waals surface area contributed by atoms with Gasteiger partial charge < -0.3 is 24.7 Å². The molecule has 0 saturated carbocycles. The van der Waals surface area contributed by atoms with Crippen molar-refractivity contribution in [3.05, 3.63) is 107 Å². The molecule has 1 atom stereocenters. The molecule has 0 aliphatic carbocycles. The van der Waals surface area contributed by atoms with Crippen molar-refractivity contribution in [2.24, 2.45) is 0 Å². The molecule has 2 N–H and O–H groups in total. The number of nitrogens with zero attached hydrogens (tertiary/aromatic N) is 1. The van der Waals surface area contributed by atoms with Gasteiger partial charge >= 0.3 is 17.8 Å². The second kappa shape index (κ2) is 11.4. The molecule has 2 heterocycles. The standard InChI is InChI=1S/C29H27N3O6/c1-18(20-10-6-4-7-11-20)32-19(2)25(29(36)37-3)24(28(32)35)16-22-14-15-23(38-22)17-30-26(33)27(34)31-21-12-8-5-9-13-21/h4-16,18H,17H2,1-3H3,(H,30,33)(H,31,34)/b24-16+/t18-/m1/s1. The highest BCUT2D eigenvalue weighted by atomic mass is 16.5. The molecule has 0 bridgehead atoms. The van der Waals surface area contributed by atoms with E-state index in [1.54, 1.807) is 54.3 Å². The quantitative estimate of drug-likeness (QED) is 0.280. The van der Waals surface area contributed by atoms with Gasteiger partial charge in [-0.05, 0) is 49.8 Å². The number of hydrogen-bond donors (Lipinski definition) is 2. The van der Waals surface area contributed by atoms with Crippen molar-refractivity contribution >= 4 is 35.5 Å². The first-order chi connectivity index (χ1) is 18.3. The lowest BCUT2D eigenvalue weighted by Crippen LogP contribution is -2.34. The zero-order valence-electron chi connectivity index (χ0n) is 21.2. The van der Waals surface area contributed by atoms with E-state index in [-0.39, 0.29) is 29.6 Å². The SMILES string of the molecule is COC(=O)C1=C(C)N([C@H](C)c2ccccc2)C(=O)/C1=C/c1ccc(CNC(=O)C(=O)Nc2ccccc2)o1. The van der Waals surface area contributed by atoms with E-state index < -0.39 is 17.8 Å². The molecule has 3 amide bonds. The molecule has 0 radical (unpaired) electrons. The maximum atomic E-state index is 13.5. The maximum absolute atomic E-state index is 13.5. The summed E-state index contributed by atoms with van der Waals surface area (Å²) < 4.78 is 10.7. The molecule has 2 aromatic carbocycles. The van der Waals surface area contributed by atoms with Gasteiger partial charge in [0.15, 0.2) is 0 Å². The number of carbonyl (C=O) groups is 4.